The summed E-state index contributed by atoms with van der Waals surface area (Å²) >= 11 is 0. The fourth-order valence-corrected chi connectivity index (χ4v) is 1.50. The number of hydrogen-bond acceptors (Lipinski definition) is 2. The van der Waals surface area contributed by atoms with Gasteiger partial charge in [0.15, 0.2) is 0 Å². The topological polar surface area (TPSA) is 46.3 Å². The second-order valence-electron chi connectivity index (χ2n) is 3.70. The molecule has 16 heavy (non-hydrogen) atoms. The number of carbonyl (C=O) groups is 1. The van der Waals surface area contributed by atoms with Crippen LogP contribution in [0.2, 0.25) is 0 Å². The van der Waals surface area contributed by atoms with Gasteiger partial charge in [0.1, 0.15) is 0 Å². The van der Waals surface area contributed by atoms with E-state index in [9.17, 15) is 4.79 Å². The first-order valence-electron chi connectivity index (χ1n) is 5.36. The number of likely N-dealkylation sites (N-methyl/N-ethyl adjacent to an activating group) is 1. The molecule has 1 aromatic carbocycles. The van der Waals surface area contributed by atoms with E-state index in [0.29, 0.717) is 24.3 Å². The molecule has 0 bridgehead atoms. The second-order valence-corrected chi connectivity index (χ2v) is 3.70. The summed E-state index contributed by atoms with van der Waals surface area (Å²) in [6, 6.07) is 5.35. The quantitative estimate of drug-likeness (QED) is 0.622. The summed E-state index contributed by atoms with van der Waals surface area (Å²) in [6.07, 6.45) is 1.73. The van der Waals surface area contributed by atoms with Gasteiger partial charge in [-0.15, -0.1) is 6.58 Å². The lowest BCUT2D eigenvalue weighted by Gasteiger charge is -2.19. The summed E-state index contributed by atoms with van der Waals surface area (Å²) in [6.45, 7) is 8.73. The van der Waals surface area contributed by atoms with Crippen LogP contribution in [0, 0.1) is 6.92 Å². The number of carbonyl (C=O) groups excluding carboxylic acids is 1. The molecule has 0 aliphatic rings. The molecule has 0 aromatic heterocycles. The van der Waals surface area contributed by atoms with E-state index >= 15 is 0 Å². The third-order valence-electron chi connectivity index (χ3n) is 2.54. The molecule has 0 atom stereocenters. The zero-order valence-corrected chi connectivity index (χ0v) is 9.86. The Labute approximate surface area is 96.6 Å². The van der Waals surface area contributed by atoms with Crippen LogP contribution < -0.4 is 5.73 Å². The van der Waals surface area contributed by atoms with Crippen molar-refractivity contribution in [2.45, 2.75) is 13.8 Å². The highest BCUT2D eigenvalue weighted by atomic mass is 16.2. The van der Waals surface area contributed by atoms with Gasteiger partial charge in [-0.25, -0.2) is 0 Å². The van der Waals surface area contributed by atoms with Crippen LogP contribution in [0.25, 0.3) is 0 Å². The molecule has 0 heterocycles. The summed E-state index contributed by atoms with van der Waals surface area (Å²) < 4.78 is 0. The molecule has 0 spiro atoms. The van der Waals surface area contributed by atoms with E-state index < -0.39 is 0 Å². The van der Waals surface area contributed by atoms with Crippen molar-refractivity contribution in [2.75, 3.05) is 18.8 Å². The van der Waals surface area contributed by atoms with Crippen molar-refractivity contribution in [3.05, 3.63) is 42.0 Å². The Morgan fingerprint density at radius 1 is 1.56 bits per heavy atom. The van der Waals surface area contributed by atoms with Crippen LogP contribution in [-0.2, 0) is 0 Å². The predicted octanol–water partition coefficient (Wildman–Crippen LogP) is 2.23. The lowest BCUT2D eigenvalue weighted by molar-refractivity contribution is 0.0782. The predicted molar refractivity (Wildman–Crippen MR) is 67.4 cm³/mol. The van der Waals surface area contributed by atoms with Crippen LogP contribution in [0.3, 0.4) is 0 Å². The van der Waals surface area contributed by atoms with Gasteiger partial charge in [-0.05, 0) is 37.6 Å². The van der Waals surface area contributed by atoms with E-state index in [2.05, 4.69) is 6.58 Å². The van der Waals surface area contributed by atoms with Crippen molar-refractivity contribution in [3.63, 3.8) is 0 Å². The van der Waals surface area contributed by atoms with Crippen LogP contribution >= 0.6 is 0 Å². The molecular formula is C13H18N2O. The Bertz CT molecular complexity index is 399. The minimum absolute atomic E-state index is 0.0190. The molecule has 3 heteroatoms. The van der Waals surface area contributed by atoms with Crippen molar-refractivity contribution in [1.82, 2.24) is 4.90 Å². The minimum Gasteiger partial charge on any atom is -0.399 e. The molecule has 0 radical (unpaired) electrons. The largest absolute Gasteiger partial charge is 0.399 e. The first-order valence-corrected chi connectivity index (χ1v) is 5.36. The summed E-state index contributed by atoms with van der Waals surface area (Å²) in [7, 11) is 0. The maximum atomic E-state index is 12.1. The van der Waals surface area contributed by atoms with E-state index in [1.165, 1.54) is 0 Å². The Hall–Kier alpha value is -1.77. The third kappa shape index (κ3) is 2.63. The Kier molecular flexibility index (Phi) is 4.11. The normalized spacial score (nSPS) is 9.88. The number of anilines is 1. The number of rotatable bonds is 4. The van der Waals surface area contributed by atoms with Crippen molar-refractivity contribution in [3.8, 4) is 0 Å². The molecule has 3 nitrogen and oxygen atoms in total. The number of hydrogen-bond donors (Lipinski definition) is 1. The summed E-state index contributed by atoms with van der Waals surface area (Å²) in [5, 5.41) is 0. The van der Waals surface area contributed by atoms with Gasteiger partial charge in [-0.2, -0.15) is 0 Å². The fraction of sp³-hybridized carbons (Fsp3) is 0.308. The number of nitrogens with zero attached hydrogens (tertiary/aromatic N) is 1. The Morgan fingerprint density at radius 3 is 2.75 bits per heavy atom. The molecule has 0 saturated carbocycles. The van der Waals surface area contributed by atoms with Crippen molar-refractivity contribution in [2.24, 2.45) is 0 Å². The molecule has 0 fully saturated rings. The SMILES string of the molecule is C=CCN(CC)C(=O)c1ccc(N)c(C)c1. The maximum Gasteiger partial charge on any atom is 0.254 e. The molecular weight excluding hydrogens is 200 g/mol. The summed E-state index contributed by atoms with van der Waals surface area (Å²) in [4.78, 5) is 13.8. The Morgan fingerprint density at radius 2 is 2.25 bits per heavy atom. The molecule has 2 N–H and O–H groups in total. The molecule has 0 aliphatic carbocycles. The number of amides is 1. The van der Waals surface area contributed by atoms with Crippen LogP contribution in [-0.4, -0.2) is 23.9 Å². The molecule has 86 valence electrons. The summed E-state index contributed by atoms with van der Waals surface area (Å²) in [5.41, 5.74) is 8.03. The zero-order chi connectivity index (χ0) is 12.1. The first kappa shape index (κ1) is 12.3. The molecule has 1 aromatic rings. The van der Waals surface area contributed by atoms with Crippen molar-refractivity contribution < 1.29 is 4.79 Å². The number of aryl methyl sites for hydroxylation is 1. The van der Waals surface area contributed by atoms with Gasteiger partial charge in [-0.1, -0.05) is 6.08 Å². The lowest BCUT2D eigenvalue weighted by Crippen LogP contribution is -2.30. The van der Waals surface area contributed by atoms with E-state index in [1.54, 1.807) is 23.1 Å². The lowest BCUT2D eigenvalue weighted by atomic mass is 10.1. The first-order chi connectivity index (χ1) is 7.60. The van der Waals surface area contributed by atoms with E-state index in [0.717, 1.165) is 5.56 Å². The van der Waals surface area contributed by atoms with Gasteiger partial charge >= 0.3 is 0 Å². The molecule has 0 aliphatic heterocycles. The van der Waals surface area contributed by atoms with Crippen molar-refractivity contribution in [1.29, 1.82) is 0 Å². The minimum atomic E-state index is 0.0190. The highest BCUT2D eigenvalue weighted by Crippen LogP contribution is 2.14. The highest BCUT2D eigenvalue weighted by Gasteiger charge is 2.12. The number of nitrogen functional groups attached to an aromatic ring is 1. The highest BCUT2D eigenvalue weighted by molar-refractivity contribution is 5.95. The molecule has 0 unspecified atom stereocenters. The van der Waals surface area contributed by atoms with Gasteiger partial charge in [0, 0.05) is 24.3 Å². The van der Waals surface area contributed by atoms with Gasteiger partial charge in [0.25, 0.3) is 5.91 Å². The van der Waals surface area contributed by atoms with Gasteiger partial charge in [0.2, 0.25) is 0 Å². The fourth-order valence-electron chi connectivity index (χ4n) is 1.50. The number of benzene rings is 1. The molecule has 0 saturated heterocycles. The standard InChI is InChI=1S/C13H18N2O/c1-4-8-15(5-2)13(16)11-6-7-12(14)10(3)9-11/h4,6-7,9H,1,5,8,14H2,2-3H3. The zero-order valence-electron chi connectivity index (χ0n) is 9.86. The van der Waals surface area contributed by atoms with Crippen molar-refractivity contribution >= 4 is 11.6 Å². The van der Waals surface area contributed by atoms with E-state index in [4.69, 9.17) is 5.73 Å². The van der Waals surface area contributed by atoms with Gasteiger partial charge in [-0.3, -0.25) is 4.79 Å². The third-order valence-corrected chi connectivity index (χ3v) is 2.54. The van der Waals surface area contributed by atoms with Gasteiger partial charge < -0.3 is 10.6 Å². The molecule has 1 amide bonds. The molecule has 1 rings (SSSR count). The Balaban J connectivity index is 2.94. The maximum absolute atomic E-state index is 12.1. The van der Waals surface area contributed by atoms with Crippen LogP contribution in [0.4, 0.5) is 5.69 Å². The van der Waals surface area contributed by atoms with Crippen LogP contribution in [0.5, 0.6) is 0 Å². The monoisotopic (exact) mass is 218 g/mol. The van der Waals surface area contributed by atoms with E-state index in [-0.39, 0.29) is 5.91 Å². The van der Waals surface area contributed by atoms with Gasteiger partial charge in [0.05, 0.1) is 0 Å². The smallest absolute Gasteiger partial charge is 0.254 e. The summed E-state index contributed by atoms with van der Waals surface area (Å²) in [5.74, 6) is 0.0190. The van der Waals surface area contributed by atoms with Crippen LogP contribution in [0.1, 0.15) is 22.8 Å². The van der Waals surface area contributed by atoms with E-state index in [1.807, 2.05) is 19.9 Å². The average molecular weight is 218 g/mol. The second kappa shape index (κ2) is 5.35. The van der Waals surface area contributed by atoms with Crippen LogP contribution in [0.15, 0.2) is 30.9 Å². The number of nitrogens with two attached hydrogens (primary N) is 1. The average Bonchev–Trinajstić information content (AvgIpc) is 2.28.